The number of benzene rings is 1. The molecule has 1 aromatic carbocycles. The first-order chi connectivity index (χ1) is 12.1. The lowest BCUT2D eigenvalue weighted by atomic mass is 10.1. The van der Waals surface area contributed by atoms with E-state index in [0.717, 1.165) is 21.4 Å². The van der Waals surface area contributed by atoms with Crippen molar-refractivity contribution in [3.05, 3.63) is 64.5 Å². The molecule has 3 aromatic heterocycles. The fraction of sp³-hybridized carbons (Fsp3) is 0.118. The Morgan fingerprint density at radius 3 is 2.68 bits per heavy atom. The zero-order chi connectivity index (χ0) is 17.4. The molecule has 0 aliphatic heterocycles. The molecule has 2 N–H and O–H groups in total. The maximum Gasteiger partial charge on any atom is 0.210 e. The fourth-order valence-corrected chi connectivity index (χ4v) is 3.59. The van der Waals surface area contributed by atoms with Crippen LogP contribution in [-0.2, 0) is 5.75 Å². The summed E-state index contributed by atoms with van der Waals surface area (Å²) in [5, 5.41) is 9.09. The van der Waals surface area contributed by atoms with Crippen molar-refractivity contribution < 1.29 is 0 Å². The van der Waals surface area contributed by atoms with E-state index in [4.69, 9.17) is 5.84 Å². The maximum atomic E-state index is 6.17. The van der Waals surface area contributed by atoms with E-state index in [1.165, 1.54) is 22.0 Å². The number of nitrogens with zero attached hydrogens (tertiary/aromatic N) is 5. The monoisotopic (exact) mass is 414 g/mol. The van der Waals surface area contributed by atoms with Gasteiger partial charge in [-0.3, -0.25) is 0 Å². The predicted octanol–water partition coefficient (Wildman–Crippen LogP) is 3.67. The van der Waals surface area contributed by atoms with Gasteiger partial charge in [0, 0.05) is 28.2 Å². The SMILES string of the molecule is Cc1ccc(-c2nnc(SCc3cn4cc(Br)ccc4n3)n2N)cc1. The van der Waals surface area contributed by atoms with Crippen LogP contribution in [0.3, 0.4) is 0 Å². The van der Waals surface area contributed by atoms with E-state index >= 15 is 0 Å². The van der Waals surface area contributed by atoms with E-state index in [9.17, 15) is 0 Å². The molecule has 126 valence electrons. The lowest BCUT2D eigenvalue weighted by Gasteiger charge is -2.03. The van der Waals surface area contributed by atoms with Crippen LogP contribution in [0.1, 0.15) is 11.3 Å². The molecular formula is C17H15BrN6S. The highest BCUT2D eigenvalue weighted by atomic mass is 79.9. The molecule has 25 heavy (non-hydrogen) atoms. The quantitative estimate of drug-likeness (QED) is 0.407. The normalized spacial score (nSPS) is 11.3. The van der Waals surface area contributed by atoms with E-state index in [0.29, 0.717) is 16.7 Å². The average molecular weight is 415 g/mol. The molecule has 0 fully saturated rings. The summed E-state index contributed by atoms with van der Waals surface area (Å²) in [5.41, 5.74) is 4.02. The Morgan fingerprint density at radius 2 is 1.88 bits per heavy atom. The van der Waals surface area contributed by atoms with Crippen LogP contribution in [0.15, 0.2) is 58.4 Å². The van der Waals surface area contributed by atoms with Crippen LogP contribution < -0.4 is 5.84 Å². The molecule has 0 spiro atoms. The van der Waals surface area contributed by atoms with Gasteiger partial charge in [0.2, 0.25) is 5.16 Å². The number of pyridine rings is 1. The van der Waals surface area contributed by atoms with E-state index in [2.05, 4.69) is 31.1 Å². The lowest BCUT2D eigenvalue weighted by molar-refractivity contribution is 0.849. The number of nitrogens with two attached hydrogens (primary N) is 1. The van der Waals surface area contributed by atoms with Crippen LogP contribution in [0.4, 0.5) is 0 Å². The Morgan fingerprint density at radius 1 is 1.08 bits per heavy atom. The second-order valence-electron chi connectivity index (χ2n) is 5.68. The molecule has 0 saturated carbocycles. The number of nitrogen functional groups attached to an aromatic ring is 1. The maximum absolute atomic E-state index is 6.17. The summed E-state index contributed by atoms with van der Waals surface area (Å²) in [4.78, 5) is 4.60. The number of aryl methyl sites for hydroxylation is 1. The molecule has 0 bridgehead atoms. The van der Waals surface area contributed by atoms with Gasteiger partial charge in [0.05, 0.1) is 5.69 Å². The fourth-order valence-electron chi connectivity index (χ4n) is 2.50. The topological polar surface area (TPSA) is 74.0 Å². The van der Waals surface area contributed by atoms with Gasteiger partial charge in [0.25, 0.3) is 0 Å². The number of rotatable bonds is 4. The molecule has 0 saturated heterocycles. The van der Waals surface area contributed by atoms with E-state index < -0.39 is 0 Å². The minimum absolute atomic E-state index is 0.654. The predicted molar refractivity (Wildman–Crippen MR) is 103 cm³/mol. The zero-order valence-electron chi connectivity index (χ0n) is 13.4. The van der Waals surface area contributed by atoms with Crippen LogP contribution in [-0.4, -0.2) is 24.3 Å². The largest absolute Gasteiger partial charge is 0.335 e. The van der Waals surface area contributed by atoms with Gasteiger partial charge in [-0.05, 0) is 35.0 Å². The summed E-state index contributed by atoms with van der Waals surface area (Å²) in [6.07, 6.45) is 3.99. The second kappa shape index (κ2) is 6.53. The number of hydrogen-bond acceptors (Lipinski definition) is 5. The molecule has 0 unspecified atom stereocenters. The number of imidazole rings is 1. The number of halogens is 1. The number of hydrogen-bond donors (Lipinski definition) is 1. The summed E-state index contributed by atoms with van der Waals surface area (Å²) < 4.78 is 4.54. The Labute approximate surface area is 157 Å². The molecule has 8 heteroatoms. The first kappa shape index (κ1) is 16.2. The van der Waals surface area contributed by atoms with E-state index in [1.807, 2.05) is 60.1 Å². The highest BCUT2D eigenvalue weighted by Gasteiger charge is 2.13. The third-order valence-electron chi connectivity index (χ3n) is 3.79. The summed E-state index contributed by atoms with van der Waals surface area (Å²) >= 11 is 4.98. The smallest absolute Gasteiger partial charge is 0.210 e. The molecule has 0 radical (unpaired) electrons. The number of thioether (sulfide) groups is 1. The highest BCUT2D eigenvalue weighted by Crippen LogP contribution is 2.24. The first-order valence-corrected chi connectivity index (χ1v) is 9.41. The van der Waals surface area contributed by atoms with Gasteiger partial charge >= 0.3 is 0 Å². The van der Waals surface area contributed by atoms with Gasteiger partial charge in [-0.2, -0.15) is 0 Å². The molecular weight excluding hydrogens is 400 g/mol. The van der Waals surface area contributed by atoms with Gasteiger partial charge in [0.1, 0.15) is 5.65 Å². The van der Waals surface area contributed by atoms with Gasteiger partial charge < -0.3 is 10.2 Å². The lowest BCUT2D eigenvalue weighted by Crippen LogP contribution is -2.11. The van der Waals surface area contributed by atoms with Crippen molar-refractivity contribution in [3.63, 3.8) is 0 Å². The third kappa shape index (κ3) is 3.27. The van der Waals surface area contributed by atoms with Crippen LogP contribution in [0, 0.1) is 6.92 Å². The van der Waals surface area contributed by atoms with Crippen molar-refractivity contribution in [2.75, 3.05) is 5.84 Å². The van der Waals surface area contributed by atoms with Gasteiger partial charge in [-0.1, -0.05) is 41.6 Å². The Kier molecular flexibility index (Phi) is 4.22. The molecule has 0 aliphatic rings. The Hall–Kier alpha value is -2.32. The van der Waals surface area contributed by atoms with Crippen molar-refractivity contribution >= 4 is 33.3 Å². The highest BCUT2D eigenvalue weighted by molar-refractivity contribution is 9.10. The summed E-state index contributed by atoms with van der Waals surface area (Å²) in [7, 11) is 0. The molecule has 0 atom stereocenters. The van der Waals surface area contributed by atoms with Gasteiger partial charge in [-0.15, -0.1) is 10.2 Å². The molecule has 0 amide bonds. The first-order valence-electron chi connectivity index (χ1n) is 7.63. The van der Waals surface area contributed by atoms with Gasteiger partial charge in [0.15, 0.2) is 5.82 Å². The molecule has 0 aliphatic carbocycles. The summed E-state index contributed by atoms with van der Waals surface area (Å²) in [6.45, 7) is 2.05. The standard InChI is InChI=1S/C17H15BrN6S/c1-11-2-4-12(5-3-11)16-21-22-17(24(16)19)25-10-14-9-23-8-13(18)6-7-15(23)20-14/h2-9H,10,19H2,1H3. The second-order valence-corrected chi connectivity index (χ2v) is 7.53. The van der Waals surface area contributed by atoms with Crippen molar-refractivity contribution in [3.8, 4) is 11.4 Å². The molecule has 4 rings (SSSR count). The van der Waals surface area contributed by atoms with Crippen molar-refractivity contribution in [2.24, 2.45) is 0 Å². The number of fused-ring (bicyclic) bond motifs is 1. The average Bonchev–Trinajstić information content (AvgIpc) is 3.16. The Bertz CT molecular complexity index is 1040. The number of aromatic nitrogens is 5. The summed E-state index contributed by atoms with van der Waals surface area (Å²) in [5.74, 6) is 7.49. The van der Waals surface area contributed by atoms with Gasteiger partial charge in [-0.25, -0.2) is 9.66 Å². The minimum Gasteiger partial charge on any atom is -0.335 e. The molecule has 3 heterocycles. The summed E-state index contributed by atoms with van der Waals surface area (Å²) in [6, 6.07) is 12.0. The molecule has 4 aromatic rings. The molecule has 6 nitrogen and oxygen atoms in total. The third-order valence-corrected chi connectivity index (χ3v) is 5.23. The van der Waals surface area contributed by atoms with Crippen LogP contribution in [0.5, 0.6) is 0 Å². The van der Waals surface area contributed by atoms with Crippen molar-refractivity contribution in [1.29, 1.82) is 0 Å². The minimum atomic E-state index is 0.654. The van der Waals surface area contributed by atoms with Crippen LogP contribution in [0.25, 0.3) is 17.0 Å². The van der Waals surface area contributed by atoms with Crippen LogP contribution >= 0.6 is 27.7 Å². The van der Waals surface area contributed by atoms with Crippen molar-refractivity contribution in [2.45, 2.75) is 17.8 Å². The van der Waals surface area contributed by atoms with Crippen LogP contribution in [0.2, 0.25) is 0 Å². The Balaban J connectivity index is 1.53. The van der Waals surface area contributed by atoms with E-state index in [1.54, 1.807) is 0 Å². The van der Waals surface area contributed by atoms with Crippen molar-refractivity contribution in [1.82, 2.24) is 24.3 Å². The zero-order valence-corrected chi connectivity index (χ0v) is 15.8. The van der Waals surface area contributed by atoms with E-state index in [-0.39, 0.29) is 0 Å².